The first-order valence-electron chi connectivity index (χ1n) is 6.20. The number of carbonyl (C=O) groups is 3. The lowest BCUT2D eigenvalue weighted by atomic mass is 9.95. The summed E-state index contributed by atoms with van der Waals surface area (Å²) in [5.74, 6) is -1.32. The Labute approximate surface area is 107 Å². The van der Waals surface area contributed by atoms with Gasteiger partial charge in [0.15, 0.2) is 0 Å². The minimum Gasteiger partial charge on any atom is -0.481 e. The van der Waals surface area contributed by atoms with Crippen molar-refractivity contribution >= 4 is 17.8 Å². The van der Waals surface area contributed by atoms with Gasteiger partial charge in [0.1, 0.15) is 0 Å². The van der Waals surface area contributed by atoms with Crippen molar-refractivity contribution < 1.29 is 19.5 Å². The van der Waals surface area contributed by atoms with Gasteiger partial charge in [-0.05, 0) is 13.3 Å². The fourth-order valence-electron chi connectivity index (χ4n) is 2.07. The van der Waals surface area contributed by atoms with Crippen LogP contribution in [0.15, 0.2) is 0 Å². The van der Waals surface area contributed by atoms with Crippen LogP contribution < -0.4 is 0 Å². The van der Waals surface area contributed by atoms with Crippen LogP contribution in [-0.2, 0) is 14.4 Å². The van der Waals surface area contributed by atoms with Crippen molar-refractivity contribution in [2.24, 2.45) is 5.92 Å². The first-order chi connectivity index (χ1) is 8.45. The number of hydrogen-bond acceptors (Lipinski definition) is 3. The zero-order valence-electron chi connectivity index (χ0n) is 10.9. The molecule has 1 unspecified atom stereocenters. The average molecular weight is 256 g/mol. The van der Waals surface area contributed by atoms with Crippen molar-refractivity contribution in [3.8, 4) is 0 Å². The van der Waals surface area contributed by atoms with Crippen molar-refractivity contribution in [3.63, 3.8) is 0 Å². The van der Waals surface area contributed by atoms with Gasteiger partial charge >= 0.3 is 5.97 Å². The Morgan fingerprint density at radius 1 is 1.50 bits per heavy atom. The largest absolute Gasteiger partial charge is 0.481 e. The van der Waals surface area contributed by atoms with E-state index in [9.17, 15) is 14.4 Å². The molecule has 1 aliphatic heterocycles. The number of rotatable bonds is 5. The molecule has 1 N–H and O–H groups in total. The molecule has 0 aliphatic carbocycles. The smallest absolute Gasteiger partial charge is 0.305 e. The zero-order valence-corrected chi connectivity index (χ0v) is 10.9. The molecule has 1 fully saturated rings. The molecule has 0 aromatic heterocycles. The van der Waals surface area contributed by atoms with Gasteiger partial charge in [-0.3, -0.25) is 14.4 Å². The lowest BCUT2D eigenvalue weighted by Gasteiger charge is -2.31. The summed E-state index contributed by atoms with van der Waals surface area (Å²) in [7, 11) is 1.73. The van der Waals surface area contributed by atoms with E-state index in [-0.39, 0.29) is 37.1 Å². The monoisotopic (exact) mass is 256 g/mol. The third-order valence-corrected chi connectivity index (χ3v) is 3.30. The number of likely N-dealkylation sites (tertiary alicyclic amines) is 1. The number of carboxylic acids is 1. The van der Waals surface area contributed by atoms with E-state index in [1.54, 1.807) is 11.9 Å². The maximum atomic E-state index is 12.2. The molecule has 102 valence electrons. The molecule has 1 aliphatic rings. The topological polar surface area (TPSA) is 77.9 Å². The first-order valence-corrected chi connectivity index (χ1v) is 6.20. The second-order valence-electron chi connectivity index (χ2n) is 4.57. The summed E-state index contributed by atoms with van der Waals surface area (Å²) in [6, 6.07) is 0. The summed E-state index contributed by atoms with van der Waals surface area (Å²) in [6.45, 7) is 3.10. The molecule has 1 saturated heterocycles. The molecule has 0 bridgehead atoms. The Morgan fingerprint density at radius 2 is 2.17 bits per heavy atom. The highest BCUT2D eigenvalue weighted by Crippen LogP contribution is 2.19. The summed E-state index contributed by atoms with van der Waals surface area (Å²) in [4.78, 5) is 37.4. The maximum Gasteiger partial charge on any atom is 0.305 e. The fourth-order valence-corrected chi connectivity index (χ4v) is 2.07. The van der Waals surface area contributed by atoms with Crippen molar-refractivity contribution in [1.82, 2.24) is 9.80 Å². The van der Waals surface area contributed by atoms with E-state index in [4.69, 9.17) is 5.11 Å². The number of aliphatic carboxylic acids is 1. The summed E-state index contributed by atoms with van der Waals surface area (Å²) in [6.07, 6.45) is 0.837. The number of carboxylic acid groups (broad SMARTS) is 1. The Balaban J connectivity index is 2.55. The molecule has 6 heteroatoms. The van der Waals surface area contributed by atoms with Crippen molar-refractivity contribution in [2.75, 3.05) is 26.7 Å². The molecular weight excluding hydrogens is 236 g/mol. The summed E-state index contributed by atoms with van der Waals surface area (Å²) in [5, 5.41) is 8.63. The van der Waals surface area contributed by atoms with E-state index in [0.717, 1.165) is 0 Å². The highest BCUT2D eigenvalue weighted by atomic mass is 16.4. The van der Waals surface area contributed by atoms with Crippen LogP contribution in [0.25, 0.3) is 0 Å². The second kappa shape index (κ2) is 6.37. The van der Waals surface area contributed by atoms with Gasteiger partial charge in [0.25, 0.3) is 0 Å². The number of amides is 2. The van der Waals surface area contributed by atoms with Crippen LogP contribution in [0.1, 0.15) is 26.2 Å². The Kier molecular flexibility index (Phi) is 5.12. The maximum absolute atomic E-state index is 12.2. The zero-order chi connectivity index (χ0) is 13.7. The van der Waals surface area contributed by atoms with Crippen molar-refractivity contribution in [1.29, 1.82) is 0 Å². The van der Waals surface area contributed by atoms with Gasteiger partial charge < -0.3 is 14.9 Å². The molecule has 0 aromatic rings. The third-order valence-electron chi connectivity index (χ3n) is 3.30. The van der Waals surface area contributed by atoms with Gasteiger partial charge in [0.05, 0.1) is 6.42 Å². The first kappa shape index (κ1) is 14.5. The highest BCUT2D eigenvalue weighted by molar-refractivity contribution is 5.87. The van der Waals surface area contributed by atoms with E-state index in [1.165, 1.54) is 4.90 Å². The molecule has 1 atom stereocenters. The third kappa shape index (κ3) is 3.72. The van der Waals surface area contributed by atoms with Crippen LogP contribution in [-0.4, -0.2) is 59.4 Å². The van der Waals surface area contributed by atoms with E-state index in [2.05, 4.69) is 0 Å². The fraction of sp³-hybridized carbons (Fsp3) is 0.750. The Bertz CT molecular complexity index is 343. The molecule has 1 heterocycles. The molecule has 6 nitrogen and oxygen atoms in total. The second-order valence-corrected chi connectivity index (χ2v) is 4.57. The summed E-state index contributed by atoms with van der Waals surface area (Å²) in [5.41, 5.74) is 0. The normalized spacial score (nSPS) is 19.8. The molecule has 0 aromatic carbocycles. The van der Waals surface area contributed by atoms with E-state index < -0.39 is 5.97 Å². The molecule has 0 radical (unpaired) electrons. The predicted octanol–water partition coefficient (Wildman–Crippen LogP) is 0.178. The molecule has 0 saturated carbocycles. The van der Waals surface area contributed by atoms with Crippen molar-refractivity contribution in [3.05, 3.63) is 0 Å². The van der Waals surface area contributed by atoms with Crippen molar-refractivity contribution in [2.45, 2.75) is 26.2 Å². The number of hydrogen-bond donors (Lipinski definition) is 1. The Hall–Kier alpha value is -1.59. The van der Waals surface area contributed by atoms with Gasteiger partial charge in [-0.15, -0.1) is 0 Å². The summed E-state index contributed by atoms with van der Waals surface area (Å²) >= 11 is 0. The van der Waals surface area contributed by atoms with E-state index in [1.807, 2.05) is 6.92 Å². The van der Waals surface area contributed by atoms with Crippen LogP contribution >= 0.6 is 0 Å². The molecule has 1 rings (SSSR count). The predicted molar refractivity (Wildman–Crippen MR) is 64.9 cm³/mol. The lowest BCUT2D eigenvalue weighted by molar-refractivity contribution is -0.145. The van der Waals surface area contributed by atoms with Crippen LogP contribution in [0.4, 0.5) is 0 Å². The highest BCUT2D eigenvalue weighted by Gasteiger charge is 2.31. The van der Waals surface area contributed by atoms with E-state index >= 15 is 0 Å². The molecule has 2 amide bonds. The van der Waals surface area contributed by atoms with Gasteiger partial charge in [0.2, 0.25) is 11.8 Å². The van der Waals surface area contributed by atoms with Crippen LogP contribution in [0.2, 0.25) is 0 Å². The number of nitrogens with zero attached hydrogens (tertiary/aromatic N) is 2. The lowest BCUT2D eigenvalue weighted by Crippen LogP contribution is -2.44. The summed E-state index contributed by atoms with van der Waals surface area (Å²) < 4.78 is 0. The van der Waals surface area contributed by atoms with Gasteiger partial charge in [-0.1, -0.05) is 0 Å². The standard InChI is InChI=1S/C12H20N2O4/c1-3-14(7-5-11(16)17)12(18)9-4-6-13(2)10(15)8-9/h9H,3-8H2,1-2H3,(H,16,17). The van der Waals surface area contributed by atoms with Crippen LogP contribution in [0.3, 0.4) is 0 Å². The SMILES string of the molecule is CCN(CCC(=O)O)C(=O)C1CCN(C)C(=O)C1. The number of piperidine rings is 1. The van der Waals surface area contributed by atoms with Gasteiger partial charge in [-0.25, -0.2) is 0 Å². The van der Waals surface area contributed by atoms with E-state index in [0.29, 0.717) is 19.5 Å². The number of carbonyl (C=O) groups excluding carboxylic acids is 2. The minimum absolute atomic E-state index is 0.0195. The molecular formula is C12H20N2O4. The van der Waals surface area contributed by atoms with Gasteiger partial charge in [0, 0.05) is 39.0 Å². The minimum atomic E-state index is -0.916. The van der Waals surface area contributed by atoms with Crippen LogP contribution in [0, 0.1) is 5.92 Å². The Morgan fingerprint density at radius 3 is 2.67 bits per heavy atom. The molecule has 0 spiro atoms. The van der Waals surface area contributed by atoms with Crippen LogP contribution in [0.5, 0.6) is 0 Å². The average Bonchev–Trinajstić information content (AvgIpc) is 2.32. The quantitative estimate of drug-likeness (QED) is 0.761. The molecule has 18 heavy (non-hydrogen) atoms. The van der Waals surface area contributed by atoms with Gasteiger partial charge in [-0.2, -0.15) is 0 Å².